The summed E-state index contributed by atoms with van der Waals surface area (Å²) in [5.74, 6) is 0.190. The molecule has 3 heterocycles. The number of piperidine rings is 1. The lowest BCUT2D eigenvalue weighted by Gasteiger charge is -2.32. The molecule has 0 aromatic carbocycles. The summed E-state index contributed by atoms with van der Waals surface area (Å²) in [4.78, 5) is 9.11. The van der Waals surface area contributed by atoms with Gasteiger partial charge in [-0.25, -0.2) is 0 Å². The summed E-state index contributed by atoms with van der Waals surface area (Å²) in [5.41, 5.74) is 2.72. The Balaban J connectivity index is 1.81. The number of hydrogen-bond acceptors (Lipinski definition) is 5. The second-order valence-electron chi connectivity index (χ2n) is 7.06. The van der Waals surface area contributed by atoms with E-state index < -0.39 is 10.2 Å². The summed E-state index contributed by atoms with van der Waals surface area (Å²) in [6.07, 6.45) is 8.67. The Morgan fingerprint density at radius 2 is 1.81 bits per heavy atom. The zero-order valence-corrected chi connectivity index (χ0v) is 16.5. The van der Waals surface area contributed by atoms with Crippen molar-refractivity contribution in [2.24, 2.45) is 0 Å². The average Bonchev–Trinajstić information content (AvgIpc) is 3.12. The number of nitrogens with zero attached hydrogens (tertiary/aromatic N) is 6. The Labute approximate surface area is 155 Å². The van der Waals surface area contributed by atoms with Crippen LogP contribution in [0.3, 0.4) is 0 Å². The lowest BCUT2D eigenvalue weighted by atomic mass is 9.92. The molecule has 0 radical (unpaired) electrons. The smallest absolute Gasteiger partial charge is 0.270 e. The summed E-state index contributed by atoms with van der Waals surface area (Å²) in [6.45, 7) is 5.14. The molecule has 0 bridgehead atoms. The molecule has 0 N–H and O–H groups in total. The summed E-state index contributed by atoms with van der Waals surface area (Å²) in [5, 5.41) is 4.40. The van der Waals surface area contributed by atoms with Crippen molar-refractivity contribution in [3.05, 3.63) is 30.5 Å². The van der Waals surface area contributed by atoms with Gasteiger partial charge in [-0.1, -0.05) is 0 Å². The van der Waals surface area contributed by atoms with E-state index in [-0.39, 0.29) is 12.0 Å². The zero-order valence-electron chi connectivity index (χ0n) is 15.7. The van der Waals surface area contributed by atoms with Crippen LogP contribution >= 0.6 is 0 Å². The molecule has 0 spiro atoms. The highest BCUT2D eigenvalue weighted by atomic mass is 32.2. The molecule has 2 aromatic heterocycles. The van der Waals surface area contributed by atoms with Crippen LogP contribution in [0.25, 0.3) is 11.3 Å². The van der Waals surface area contributed by atoms with Crippen molar-refractivity contribution in [3.8, 4) is 11.3 Å². The molecular formula is C17H26N6O2S. The van der Waals surface area contributed by atoms with Crippen LogP contribution in [0.5, 0.6) is 0 Å². The molecule has 3 rings (SSSR count). The molecule has 2 aromatic rings. The van der Waals surface area contributed by atoms with Crippen molar-refractivity contribution >= 4 is 10.2 Å². The molecule has 1 saturated heterocycles. The number of aromatic nitrogens is 4. The van der Waals surface area contributed by atoms with E-state index in [1.54, 1.807) is 26.5 Å². The van der Waals surface area contributed by atoms with Crippen LogP contribution in [0.2, 0.25) is 0 Å². The fraction of sp³-hybridized carbons (Fsp3) is 0.588. The van der Waals surface area contributed by atoms with E-state index in [4.69, 9.17) is 0 Å². The highest BCUT2D eigenvalue weighted by Crippen LogP contribution is 2.33. The molecule has 0 atom stereocenters. The summed E-state index contributed by atoms with van der Waals surface area (Å²) < 4.78 is 29.3. The van der Waals surface area contributed by atoms with Gasteiger partial charge in [0.05, 0.1) is 17.6 Å². The normalized spacial score (nSPS) is 17.3. The van der Waals surface area contributed by atoms with Gasteiger partial charge in [0, 0.05) is 63.3 Å². The van der Waals surface area contributed by atoms with Crippen molar-refractivity contribution in [1.29, 1.82) is 0 Å². The molecule has 8 nitrogen and oxygen atoms in total. The van der Waals surface area contributed by atoms with Gasteiger partial charge in [-0.3, -0.25) is 14.6 Å². The molecule has 0 unspecified atom stereocenters. The number of rotatable bonds is 5. The summed E-state index contributed by atoms with van der Waals surface area (Å²) in [6, 6.07) is 0.281. The van der Waals surface area contributed by atoms with E-state index in [1.165, 1.54) is 8.61 Å². The monoisotopic (exact) mass is 378 g/mol. The standard InChI is InChI=1S/C17H26N6O2S/c1-13(2)23-12-15(11-20-23)17-16(18-7-8-19-17)14-5-9-22(10-6-14)26(24,25)21(3)4/h7-8,11-14H,5-6,9-10H2,1-4H3. The van der Waals surface area contributed by atoms with Gasteiger partial charge in [0.25, 0.3) is 10.2 Å². The third-order valence-corrected chi connectivity index (χ3v) is 6.70. The predicted molar refractivity (Wildman–Crippen MR) is 99.8 cm³/mol. The minimum Gasteiger partial charge on any atom is -0.270 e. The van der Waals surface area contributed by atoms with Crippen LogP contribution < -0.4 is 0 Å². The van der Waals surface area contributed by atoms with Crippen molar-refractivity contribution in [1.82, 2.24) is 28.4 Å². The van der Waals surface area contributed by atoms with Gasteiger partial charge < -0.3 is 0 Å². The van der Waals surface area contributed by atoms with Crippen LogP contribution in [0.1, 0.15) is 44.3 Å². The first-order valence-electron chi connectivity index (χ1n) is 8.83. The topological polar surface area (TPSA) is 84.2 Å². The molecule has 0 aliphatic carbocycles. The fourth-order valence-corrected chi connectivity index (χ4v) is 4.34. The third-order valence-electron chi connectivity index (χ3n) is 4.76. The lowest BCUT2D eigenvalue weighted by Crippen LogP contribution is -2.44. The fourth-order valence-electron chi connectivity index (χ4n) is 3.20. The van der Waals surface area contributed by atoms with E-state index in [0.29, 0.717) is 13.1 Å². The first-order valence-corrected chi connectivity index (χ1v) is 10.2. The second-order valence-corrected chi connectivity index (χ2v) is 9.20. The summed E-state index contributed by atoms with van der Waals surface area (Å²) in [7, 11) is -0.229. The summed E-state index contributed by atoms with van der Waals surface area (Å²) >= 11 is 0. The molecule has 26 heavy (non-hydrogen) atoms. The van der Waals surface area contributed by atoms with Crippen LogP contribution in [-0.4, -0.2) is 64.0 Å². The van der Waals surface area contributed by atoms with Crippen LogP contribution in [0.15, 0.2) is 24.8 Å². The maximum Gasteiger partial charge on any atom is 0.281 e. The third kappa shape index (κ3) is 3.65. The minimum absolute atomic E-state index is 0.190. The highest BCUT2D eigenvalue weighted by Gasteiger charge is 2.31. The molecule has 9 heteroatoms. The molecule has 1 aliphatic heterocycles. The van der Waals surface area contributed by atoms with Crippen molar-refractivity contribution in [2.45, 2.75) is 38.6 Å². The van der Waals surface area contributed by atoms with E-state index in [0.717, 1.165) is 29.8 Å². The van der Waals surface area contributed by atoms with Gasteiger partial charge in [0.15, 0.2) is 0 Å². The van der Waals surface area contributed by atoms with Gasteiger partial charge in [0.2, 0.25) is 0 Å². The van der Waals surface area contributed by atoms with Gasteiger partial charge >= 0.3 is 0 Å². The Bertz CT molecular complexity index is 854. The van der Waals surface area contributed by atoms with Crippen molar-refractivity contribution < 1.29 is 8.42 Å². The maximum atomic E-state index is 12.3. The largest absolute Gasteiger partial charge is 0.281 e. The maximum absolute atomic E-state index is 12.3. The first-order chi connectivity index (χ1) is 12.3. The highest BCUT2D eigenvalue weighted by molar-refractivity contribution is 7.86. The number of hydrogen-bond donors (Lipinski definition) is 0. The molecule has 142 valence electrons. The quantitative estimate of drug-likeness (QED) is 0.793. The van der Waals surface area contributed by atoms with E-state index in [2.05, 4.69) is 28.9 Å². The van der Waals surface area contributed by atoms with Crippen LogP contribution in [0, 0.1) is 0 Å². The van der Waals surface area contributed by atoms with Gasteiger partial charge in [-0.05, 0) is 26.7 Å². The van der Waals surface area contributed by atoms with E-state index in [1.807, 2.05) is 17.1 Å². The van der Waals surface area contributed by atoms with Gasteiger partial charge in [0.1, 0.15) is 0 Å². The zero-order chi connectivity index (χ0) is 18.9. The lowest BCUT2D eigenvalue weighted by molar-refractivity contribution is 0.300. The Morgan fingerprint density at radius 3 is 2.38 bits per heavy atom. The molecule has 0 amide bonds. The SMILES string of the molecule is CC(C)n1cc(-c2nccnc2C2CCN(S(=O)(=O)N(C)C)CC2)cn1. The molecule has 1 fully saturated rings. The minimum atomic E-state index is -3.36. The molecular weight excluding hydrogens is 352 g/mol. The molecule has 1 aliphatic rings. The Kier molecular flexibility index (Phi) is 5.40. The van der Waals surface area contributed by atoms with Crippen LogP contribution in [0.4, 0.5) is 0 Å². The first kappa shape index (κ1) is 18.9. The predicted octanol–water partition coefficient (Wildman–Crippen LogP) is 1.91. The van der Waals surface area contributed by atoms with E-state index >= 15 is 0 Å². The van der Waals surface area contributed by atoms with Gasteiger partial charge in [-0.15, -0.1) is 0 Å². The van der Waals surface area contributed by atoms with E-state index in [9.17, 15) is 8.42 Å². The van der Waals surface area contributed by atoms with Crippen molar-refractivity contribution in [3.63, 3.8) is 0 Å². The second kappa shape index (κ2) is 7.42. The van der Waals surface area contributed by atoms with Crippen molar-refractivity contribution in [2.75, 3.05) is 27.2 Å². The average molecular weight is 379 g/mol. The Hall–Kier alpha value is -1.84. The Morgan fingerprint density at radius 1 is 1.15 bits per heavy atom. The van der Waals surface area contributed by atoms with Gasteiger partial charge in [-0.2, -0.15) is 22.1 Å². The van der Waals surface area contributed by atoms with Crippen LogP contribution in [-0.2, 0) is 10.2 Å². The molecule has 0 saturated carbocycles.